The molecule has 1 aromatic carbocycles. The summed E-state index contributed by atoms with van der Waals surface area (Å²) in [5.74, 6) is 1.02. The van der Waals surface area contributed by atoms with E-state index in [0.29, 0.717) is 30.1 Å². The molecule has 0 spiro atoms. The Bertz CT molecular complexity index is 549. The highest BCUT2D eigenvalue weighted by Gasteiger charge is 2.06. The molecule has 3 N–H and O–H groups in total. The molecule has 0 aliphatic rings. The minimum atomic E-state index is -0.0919. The summed E-state index contributed by atoms with van der Waals surface area (Å²) in [6, 6.07) is 9.20. The molecular weight excluding hydrogens is 230 g/mol. The van der Waals surface area contributed by atoms with E-state index in [4.69, 9.17) is 10.3 Å². The Balaban J connectivity index is 1.85. The van der Waals surface area contributed by atoms with Crippen LogP contribution in [0.2, 0.25) is 0 Å². The zero-order valence-electron chi connectivity index (χ0n) is 10.1. The van der Waals surface area contributed by atoms with Crippen LogP contribution in [0.15, 0.2) is 34.9 Å². The molecule has 0 fully saturated rings. The van der Waals surface area contributed by atoms with Gasteiger partial charge in [0.1, 0.15) is 5.76 Å². The number of carbonyl (C=O) groups excluding carboxylic acids is 1. The molecule has 2 aromatic rings. The van der Waals surface area contributed by atoms with E-state index in [1.54, 1.807) is 13.0 Å². The fourth-order valence-electron chi connectivity index (χ4n) is 1.64. The maximum Gasteiger partial charge on any atom is 0.225 e. The second-order valence-electron chi connectivity index (χ2n) is 4.12. The molecule has 18 heavy (non-hydrogen) atoms. The number of carbonyl (C=O) groups is 1. The molecule has 0 saturated heterocycles. The zero-order chi connectivity index (χ0) is 13.0. The minimum absolute atomic E-state index is 0.0919. The summed E-state index contributed by atoms with van der Waals surface area (Å²) in [6.45, 7) is 1.77. The normalized spacial score (nSPS) is 10.3. The van der Waals surface area contributed by atoms with Gasteiger partial charge in [-0.15, -0.1) is 0 Å². The maximum absolute atomic E-state index is 11.7. The molecule has 5 heteroatoms. The number of amides is 1. The zero-order valence-corrected chi connectivity index (χ0v) is 10.1. The number of nitrogens with one attached hydrogen (secondary N) is 1. The predicted molar refractivity (Wildman–Crippen MR) is 69.0 cm³/mol. The molecule has 0 atom stereocenters. The molecule has 1 amide bonds. The maximum atomic E-state index is 11.7. The van der Waals surface area contributed by atoms with Crippen LogP contribution in [0.4, 0.5) is 11.5 Å². The van der Waals surface area contributed by atoms with Gasteiger partial charge >= 0.3 is 0 Å². The first kappa shape index (κ1) is 12.2. The lowest BCUT2D eigenvalue weighted by Crippen LogP contribution is -2.12. The molecule has 94 valence electrons. The van der Waals surface area contributed by atoms with Crippen LogP contribution in [-0.4, -0.2) is 11.1 Å². The number of rotatable bonds is 4. The van der Waals surface area contributed by atoms with E-state index >= 15 is 0 Å². The van der Waals surface area contributed by atoms with E-state index in [2.05, 4.69) is 10.5 Å². The molecule has 0 aliphatic carbocycles. The van der Waals surface area contributed by atoms with E-state index in [1.165, 1.54) is 0 Å². The Morgan fingerprint density at radius 3 is 2.94 bits per heavy atom. The third-order valence-corrected chi connectivity index (χ3v) is 2.49. The lowest BCUT2D eigenvalue weighted by molar-refractivity contribution is -0.116. The van der Waals surface area contributed by atoms with Crippen molar-refractivity contribution >= 4 is 17.4 Å². The average Bonchev–Trinajstić information content (AvgIpc) is 2.72. The summed E-state index contributed by atoms with van der Waals surface area (Å²) in [7, 11) is 0. The van der Waals surface area contributed by atoms with Crippen LogP contribution in [0, 0.1) is 6.92 Å². The fourth-order valence-corrected chi connectivity index (χ4v) is 1.64. The van der Waals surface area contributed by atoms with Gasteiger partial charge in [0.05, 0.1) is 0 Å². The minimum Gasteiger partial charge on any atom is -0.399 e. The quantitative estimate of drug-likeness (QED) is 0.808. The lowest BCUT2D eigenvalue weighted by Gasteiger charge is -2.02. The van der Waals surface area contributed by atoms with Crippen molar-refractivity contribution in [3.05, 3.63) is 41.7 Å². The molecule has 1 heterocycles. The topological polar surface area (TPSA) is 81.2 Å². The van der Waals surface area contributed by atoms with Crippen LogP contribution in [0.1, 0.15) is 17.7 Å². The fraction of sp³-hybridized carbons (Fsp3) is 0.231. The van der Waals surface area contributed by atoms with Gasteiger partial charge in [0, 0.05) is 18.2 Å². The third-order valence-electron chi connectivity index (χ3n) is 2.49. The number of aromatic nitrogens is 1. The van der Waals surface area contributed by atoms with Crippen molar-refractivity contribution in [3.63, 3.8) is 0 Å². The largest absolute Gasteiger partial charge is 0.399 e. The van der Waals surface area contributed by atoms with Crippen molar-refractivity contribution < 1.29 is 9.32 Å². The molecule has 2 rings (SSSR count). The number of benzene rings is 1. The van der Waals surface area contributed by atoms with Gasteiger partial charge in [-0.2, -0.15) is 0 Å². The number of hydrogen-bond donors (Lipinski definition) is 2. The Labute approximate surface area is 105 Å². The van der Waals surface area contributed by atoms with Gasteiger partial charge in [-0.1, -0.05) is 17.3 Å². The van der Waals surface area contributed by atoms with Crippen molar-refractivity contribution in [1.29, 1.82) is 0 Å². The number of nitrogens with two attached hydrogens (primary N) is 1. The molecule has 0 aliphatic heterocycles. The average molecular weight is 245 g/mol. The summed E-state index contributed by atoms with van der Waals surface area (Å²) < 4.78 is 4.86. The van der Waals surface area contributed by atoms with Gasteiger partial charge in [0.15, 0.2) is 5.82 Å². The Hall–Kier alpha value is -2.30. The van der Waals surface area contributed by atoms with Gasteiger partial charge < -0.3 is 15.6 Å². The standard InChI is InChI=1S/C13H15N3O2/c1-9-7-12(16-18-9)15-13(17)6-5-10-3-2-4-11(14)8-10/h2-4,7-8H,5-6,14H2,1H3,(H,15,16,17). The van der Waals surface area contributed by atoms with E-state index in [0.717, 1.165) is 5.56 Å². The number of nitrogen functional groups attached to an aromatic ring is 1. The van der Waals surface area contributed by atoms with Crippen LogP contribution in [-0.2, 0) is 11.2 Å². The van der Waals surface area contributed by atoms with Crippen LogP contribution in [0.3, 0.4) is 0 Å². The van der Waals surface area contributed by atoms with Crippen LogP contribution in [0.25, 0.3) is 0 Å². The van der Waals surface area contributed by atoms with E-state index < -0.39 is 0 Å². The highest BCUT2D eigenvalue weighted by molar-refractivity contribution is 5.89. The van der Waals surface area contributed by atoms with Crippen LogP contribution < -0.4 is 11.1 Å². The van der Waals surface area contributed by atoms with Crippen molar-refractivity contribution in [2.24, 2.45) is 0 Å². The second kappa shape index (κ2) is 5.35. The summed E-state index contributed by atoms with van der Waals surface area (Å²) in [6.07, 6.45) is 1.03. The number of anilines is 2. The Morgan fingerprint density at radius 1 is 1.44 bits per heavy atom. The molecule has 5 nitrogen and oxygen atoms in total. The Morgan fingerprint density at radius 2 is 2.28 bits per heavy atom. The highest BCUT2D eigenvalue weighted by atomic mass is 16.5. The van der Waals surface area contributed by atoms with Crippen molar-refractivity contribution in [2.75, 3.05) is 11.1 Å². The second-order valence-corrected chi connectivity index (χ2v) is 4.12. The third kappa shape index (κ3) is 3.35. The first-order chi connectivity index (χ1) is 8.63. The van der Waals surface area contributed by atoms with Crippen LogP contribution >= 0.6 is 0 Å². The monoisotopic (exact) mass is 245 g/mol. The number of nitrogens with zero attached hydrogens (tertiary/aromatic N) is 1. The first-order valence-electron chi connectivity index (χ1n) is 5.71. The Kier molecular flexibility index (Phi) is 3.62. The molecule has 0 bridgehead atoms. The van der Waals surface area contributed by atoms with Crippen molar-refractivity contribution in [3.8, 4) is 0 Å². The van der Waals surface area contributed by atoms with Gasteiger partial charge in [0.25, 0.3) is 0 Å². The summed E-state index contributed by atoms with van der Waals surface area (Å²) in [5.41, 5.74) is 7.42. The molecule has 1 aromatic heterocycles. The molecule has 0 radical (unpaired) electrons. The summed E-state index contributed by atoms with van der Waals surface area (Å²) >= 11 is 0. The van der Waals surface area contributed by atoms with E-state index in [1.807, 2.05) is 24.3 Å². The first-order valence-corrected chi connectivity index (χ1v) is 5.71. The molecular formula is C13H15N3O2. The van der Waals surface area contributed by atoms with Gasteiger partial charge in [-0.05, 0) is 31.0 Å². The van der Waals surface area contributed by atoms with Crippen molar-refractivity contribution in [1.82, 2.24) is 5.16 Å². The summed E-state index contributed by atoms with van der Waals surface area (Å²) in [5, 5.41) is 6.37. The van der Waals surface area contributed by atoms with Gasteiger partial charge in [-0.3, -0.25) is 4.79 Å². The van der Waals surface area contributed by atoms with Crippen LogP contribution in [0.5, 0.6) is 0 Å². The highest BCUT2D eigenvalue weighted by Crippen LogP contribution is 2.11. The van der Waals surface area contributed by atoms with Gasteiger partial charge in [0.2, 0.25) is 5.91 Å². The van der Waals surface area contributed by atoms with Gasteiger partial charge in [-0.25, -0.2) is 0 Å². The SMILES string of the molecule is Cc1cc(NC(=O)CCc2cccc(N)c2)no1. The van der Waals surface area contributed by atoms with Crippen molar-refractivity contribution in [2.45, 2.75) is 19.8 Å². The van der Waals surface area contributed by atoms with E-state index in [-0.39, 0.29) is 5.91 Å². The smallest absolute Gasteiger partial charge is 0.225 e. The predicted octanol–water partition coefficient (Wildman–Crippen LogP) is 2.14. The summed E-state index contributed by atoms with van der Waals surface area (Å²) in [4.78, 5) is 11.7. The number of hydrogen-bond acceptors (Lipinski definition) is 4. The van der Waals surface area contributed by atoms with E-state index in [9.17, 15) is 4.79 Å². The lowest BCUT2D eigenvalue weighted by atomic mass is 10.1. The molecule has 0 saturated carbocycles. The molecule has 0 unspecified atom stereocenters. The number of aryl methyl sites for hydroxylation is 2.